The number of ether oxygens (including phenoxy) is 1. The van der Waals surface area contributed by atoms with Crippen molar-refractivity contribution in [2.24, 2.45) is 0 Å². The summed E-state index contributed by atoms with van der Waals surface area (Å²) in [6.07, 6.45) is 1.77. The lowest BCUT2D eigenvalue weighted by Gasteiger charge is -1.80. The van der Waals surface area contributed by atoms with Gasteiger partial charge in [-0.15, -0.1) is 0 Å². The van der Waals surface area contributed by atoms with Crippen LogP contribution in [0.3, 0.4) is 0 Å². The molecule has 0 bridgehead atoms. The van der Waals surface area contributed by atoms with Gasteiger partial charge in [0.25, 0.3) is 0 Å². The van der Waals surface area contributed by atoms with Crippen LogP contribution in [0.25, 0.3) is 0 Å². The molecule has 0 aromatic carbocycles. The first-order valence-electron chi connectivity index (χ1n) is 4.09. The van der Waals surface area contributed by atoms with E-state index in [0.29, 0.717) is 0 Å². The predicted octanol–water partition coefficient (Wildman–Crippen LogP) is 0.828. The molecule has 0 aliphatic carbocycles. The molecule has 0 saturated carbocycles. The maximum absolute atomic E-state index is 9.78. The largest absolute Gasteiger partial charge is 0.469 e. The van der Waals surface area contributed by atoms with Gasteiger partial charge in [0.15, 0.2) is 5.12 Å². The molecule has 0 aromatic heterocycles. The summed E-state index contributed by atoms with van der Waals surface area (Å²) in [6, 6.07) is 0. The summed E-state index contributed by atoms with van der Waals surface area (Å²) in [7, 11) is 2.95. The van der Waals surface area contributed by atoms with Gasteiger partial charge >= 0.3 is 5.97 Å². The number of esters is 1. The van der Waals surface area contributed by atoms with Gasteiger partial charge < -0.3 is 10.1 Å². The molecular formula is C9H19NO4S. The molecule has 0 heterocycles. The molecule has 90 valence electrons. The Kier molecular flexibility index (Phi) is 20.1. The van der Waals surface area contributed by atoms with E-state index in [1.807, 2.05) is 0 Å². The van der Waals surface area contributed by atoms with E-state index in [0.717, 1.165) is 0 Å². The van der Waals surface area contributed by atoms with Crippen molar-refractivity contribution in [3.8, 4) is 0 Å². The molecule has 15 heavy (non-hydrogen) atoms. The first-order valence-corrected chi connectivity index (χ1v) is 5.31. The molecule has 0 aliphatic heterocycles. The summed E-state index contributed by atoms with van der Waals surface area (Å²) in [6.45, 7) is 4.38. The number of carbonyl (C=O) groups excluding carboxylic acids is 3. The second-order valence-electron chi connectivity index (χ2n) is 2.20. The van der Waals surface area contributed by atoms with Crippen molar-refractivity contribution in [3.05, 3.63) is 0 Å². The van der Waals surface area contributed by atoms with Gasteiger partial charge in [-0.25, -0.2) is 0 Å². The lowest BCUT2D eigenvalue weighted by Crippen LogP contribution is -2.11. The van der Waals surface area contributed by atoms with Crippen LogP contribution >= 0.6 is 11.8 Å². The van der Waals surface area contributed by atoms with Gasteiger partial charge in [0.05, 0.1) is 7.11 Å². The second kappa shape index (κ2) is 15.4. The Morgan fingerprint density at radius 2 is 1.33 bits per heavy atom. The maximum Gasteiger partial charge on any atom is 0.302 e. The minimum Gasteiger partial charge on any atom is -0.469 e. The number of thioether (sulfide) groups is 1. The number of rotatable bonds is 0. The van der Waals surface area contributed by atoms with E-state index in [-0.39, 0.29) is 17.0 Å². The lowest BCUT2D eigenvalue weighted by molar-refractivity contribution is -0.138. The first kappa shape index (κ1) is 19.5. The van der Waals surface area contributed by atoms with E-state index in [2.05, 4.69) is 10.1 Å². The summed E-state index contributed by atoms with van der Waals surface area (Å²) in [4.78, 5) is 29.1. The molecule has 0 saturated heterocycles. The summed E-state index contributed by atoms with van der Waals surface area (Å²) >= 11 is 1.24. The molecule has 0 atom stereocenters. The van der Waals surface area contributed by atoms with E-state index in [1.54, 1.807) is 20.2 Å². The Hall–Kier alpha value is -1.04. The average Bonchev–Trinajstić information content (AvgIpc) is 2.19. The van der Waals surface area contributed by atoms with E-state index < -0.39 is 0 Å². The fraction of sp³-hybridized carbons (Fsp3) is 0.667. The molecule has 6 heteroatoms. The van der Waals surface area contributed by atoms with Crippen LogP contribution in [-0.4, -0.2) is 37.4 Å². The maximum atomic E-state index is 9.78. The van der Waals surface area contributed by atoms with Crippen molar-refractivity contribution in [3.63, 3.8) is 0 Å². The third kappa shape index (κ3) is 63.3. The second-order valence-corrected chi connectivity index (χ2v) is 3.18. The SMILES string of the molecule is CNC(C)=O.COC(C)=O.CSC(C)=O. The predicted molar refractivity (Wildman–Crippen MR) is 61.6 cm³/mol. The third-order valence-corrected chi connectivity index (χ3v) is 1.50. The smallest absolute Gasteiger partial charge is 0.302 e. The standard InChI is InChI=1S/C3H7NO.C3H6O2.C3H6OS/c1-3(5)4-2;2*1-3(4)5-2/h1-2H3,(H,4,5);2*1-2H3. The number of carbonyl (C=O) groups is 3. The highest BCUT2D eigenvalue weighted by atomic mass is 32.2. The van der Waals surface area contributed by atoms with Gasteiger partial charge in [-0.3, -0.25) is 14.4 Å². The Morgan fingerprint density at radius 3 is 1.33 bits per heavy atom. The van der Waals surface area contributed by atoms with Crippen molar-refractivity contribution < 1.29 is 19.1 Å². The fourth-order valence-corrected chi connectivity index (χ4v) is 0. The van der Waals surface area contributed by atoms with Gasteiger partial charge in [0.1, 0.15) is 0 Å². The van der Waals surface area contributed by atoms with Crippen LogP contribution in [-0.2, 0) is 19.1 Å². The molecule has 0 radical (unpaired) electrons. The van der Waals surface area contributed by atoms with Crippen LogP contribution in [0.5, 0.6) is 0 Å². The summed E-state index contributed by atoms with van der Waals surface area (Å²) in [5.74, 6) is -0.241. The quantitative estimate of drug-likeness (QED) is 0.632. The number of methoxy groups -OCH3 is 1. The Labute approximate surface area is 94.9 Å². The summed E-state index contributed by atoms with van der Waals surface area (Å²) in [5, 5.41) is 2.56. The molecule has 0 unspecified atom stereocenters. The molecule has 0 fully saturated rings. The minimum absolute atomic E-state index is 0.00463. The highest BCUT2D eigenvalue weighted by Gasteiger charge is 1.77. The molecule has 0 rings (SSSR count). The van der Waals surface area contributed by atoms with E-state index >= 15 is 0 Å². The number of amides is 1. The minimum atomic E-state index is -0.245. The normalized spacial score (nSPS) is 7.07. The van der Waals surface area contributed by atoms with Crippen molar-refractivity contribution in [2.45, 2.75) is 20.8 Å². The van der Waals surface area contributed by atoms with Crippen molar-refractivity contribution in [2.75, 3.05) is 20.4 Å². The Morgan fingerprint density at radius 1 is 1.13 bits per heavy atom. The zero-order chi connectivity index (χ0) is 12.9. The van der Waals surface area contributed by atoms with Gasteiger partial charge in [-0.05, 0) is 6.26 Å². The van der Waals surface area contributed by atoms with Crippen LogP contribution < -0.4 is 5.32 Å². The number of hydrogen-bond donors (Lipinski definition) is 1. The van der Waals surface area contributed by atoms with E-state index in [4.69, 9.17) is 0 Å². The first-order chi connectivity index (χ1) is 6.81. The molecule has 1 amide bonds. The molecule has 0 aromatic rings. The van der Waals surface area contributed by atoms with Crippen molar-refractivity contribution in [1.29, 1.82) is 0 Å². The molecule has 0 aliphatic rings. The van der Waals surface area contributed by atoms with Gasteiger partial charge in [0.2, 0.25) is 5.91 Å². The highest BCUT2D eigenvalue weighted by Crippen LogP contribution is 1.88. The number of nitrogens with one attached hydrogen (secondary N) is 1. The summed E-state index contributed by atoms with van der Waals surface area (Å²) < 4.78 is 4.11. The lowest BCUT2D eigenvalue weighted by atomic mass is 10.7. The van der Waals surface area contributed by atoms with Crippen LogP contribution in [0.15, 0.2) is 0 Å². The molecule has 1 N–H and O–H groups in total. The van der Waals surface area contributed by atoms with E-state index in [9.17, 15) is 14.4 Å². The zero-order valence-electron chi connectivity index (χ0n) is 10.0. The zero-order valence-corrected chi connectivity index (χ0v) is 10.9. The van der Waals surface area contributed by atoms with Crippen LogP contribution in [0.4, 0.5) is 0 Å². The molecule has 5 nitrogen and oxygen atoms in total. The monoisotopic (exact) mass is 237 g/mol. The van der Waals surface area contributed by atoms with Crippen molar-refractivity contribution in [1.82, 2.24) is 5.32 Å². The van der Waals surface area contributed by atoms with Gasteiger partial charge in [-0.2, -0.15) is 0 Å². The third-order valence-electron chi connectivity index (χ3n) is 0.927. The highest BCUT2D eigenvalue weighted by molar-refractivity contribution is 8.12. The molecular weight excluding hydrogens is 218 g/mol. The van der Waals surface area contributed by atoms with Crippen LogP contribution in [0, 0.1) is 0 Å². The van der Waals surface area contributed by atoms with Gasteiger partial charge in [0, 0.05) is 27.8 Å². The van der Waals surface area contributed by atoms with Crippen LogP contribution in [0.2, 0.25) is 0 Å². The van der Waals surface area contributed by atoms with Crippen LogP contribution in [0.1, 0.15) is 20.8 Å². The number of hydrogen-bond acceptors (Lipinski definition) is 5. The van der Waals surface area contributed by atoms with E-state index in [1.165, 1.54) is 32.7 Å². The molecule has 0 spiro atoms. The Balaban J connectivity index is -0.000000144. The fourth-order valence-electron chi connectivity index (χ4n) is 0. The average molecular weight is 237 g/mol. The topological polar surface area (TPSA) is 72.5 Å². The van der Waals surface area contributed by atoms with Gasteiger partial charge in [-0.1, -0.05) is 11.8 Å². The van der Waals surface area contributed by atoms with Crippen molar-refractivity contribution >= 4 is 28.8 Å². The Bertz CT molecular complexity index is 161. The summed E-state index contributed by atoms with van der Waals surface area (Å²) in [5.41, 5.74) is 0.